The Bertz CT molecular complexity index is 1560. The molecule has 10 nitrogen and oxygen atoms in total. The summed E-state index contributed by atoms with van der Waals surface area (Å²) in [6.07, 6.45) is 2.83. The largest absolute Gasteiger partial charge is 0.459 e. The number of benzene rings is 2. The first-order valence-electron chi connectivity index (χ1n) is 12.2. The maximum Gasteiger partial charge on any atom is 0.349 e. The molecule has 0 unspecified atom stereocenters. The quantitative estimate of drug-likeness (QED) is 0.0301. The Balaban J connectivity index is 1.05. The van der Waals surface area contributed by atoms with E-state index in [0.717, 1.165) is 16.4 Å². The lowest BCUT2D eigenvalue weighted by Crippen LogP contribution is -2.14. The molecule has 0 fully saturated rings. The molecule has 2 aromatic heterocycles. The number of fused-ring (bicyclic) bond motifs is 2. The molecular weight excluding hydrogens is 516 g/mol. The summed E-state index contributed by atoms with van der Waals surface area (Å²) in [5, 5.41) is 20.2. The molecule has 4 aromatic rings. The third-order valence-electron chi connectivity index (χ3n) is 5.25. The van der Waals surface area contributed by atoms with Gasteiger partial charge in [0.05, 0.1) is 26.4 Å². The van der Waals surface area contributed by atoms with Gasteiger partial charge in [0.2, 0.25) is 0 Å². The minimum absolute atomic E-state index is 0.0280. The van der Waals surface area contributed by atoms with Crippen molar-refractivity contribution in [1.29, 1.82) is 10.5 Å². The predicted molar refractivity (Wildman–Crippen MR) is 143 cm³/mol. The summed E-state index contributed by atoms with van der Waals surface area (Å²) < 4.78 is 27.0. The Morgan fingerprint density at radius 3 is 2.02 bits per heavy atom. The summed E-state index contributed by atoms with van der Waals surface area (Å²) in [6, 6.07) is 22.1. The highest BCUT2D eigenvalue weighted by molar-refractivity contribution is 5.98. The number of nitrogens with zero attached hydrogens (tertiary/aromatic N) is 2. The first kappa shape index (κ1) is 27.9. The van der Waals surface area contributed by atoms with Crippen LogP contribution in [0, 0.1) is 22.7 Å². The molecule has 202 valence electrons. The Morgan fingerprint density at radius 1 is 0.775 bits per heavy atom. The molecule has 0 spiro atoms. The average Bonchev–Trinajstić information content (AvgIpc) is 3.59. The van der Waals surface area contributed by atoms with Crippen molar-refractivity contribution < 1.29 is 37.6 Å². The van der Waals surface area contributed by atoms with E-state index in [0.29, 0.717) is 17.1 Å². The van der Waals surface area contributed by atoms with E-state index in [1.165, 1.54) is 12.2 Å². The molecule has 0 saturated carbocycles. The lowest BCUT2D eigenvalue weighted by Gasteiger charge is -2.07. The number of nitriles is 2. The first-order chi connectivity index (χ1) is 19.7. The second-order valence-corrected chi connectivity index (χ2v) is 8.04. The van der Waals surface area contributed by atoms with E-state index in [1.807, 2.05) is 60.7 Å². The molecule has 0 radical (unpaired) electrons. The monoisotopic (exact) mass is 540 g/mol. The van der Waals surface area contributed by atoms with Crippen LogP contribution in [0.2, 0.25) is 0 Å². The summed E-state index contributed by atoms with van der Waals surface area (Å²) in [7, 11) is 0. The zero-order valence-corrected chi connectivity index (χ0v) is 21.3. The zero-order chi connectivity index (χ0) is 28.0. The molecule has 0 aliphatic heterocycles. The average molecular weight is 541 g/mol. The van der Waals surface area contributed by atoms with Crippen molar-refractivity contribution in [1.82, 2.24) is 0 Å². The molecule has 4 rings (SSSR count). The number of hydrogen-bond donors (Lipinski definition) is 0. The van der Waals surface area contributed by atoms with Crippen molar-refractivity contribution in [3.63, 3.8) is 0 Å². The standard InChI is InChI=1S/C30H24N2O8/c31-20-24(19-27-18-23-6-2-4-8-29(23)39-27)30(33)36-15-13-34-11-12-35-14-16-37-40-26(21-32)10-9-25-17-22-5-1-3-7-28(22)38-25/h1-9,17-19H,11-16H2. The van der Waals surface area contributed by atoms with E-state index in [9.17, 15) is 10.1 Å². The lowest BCUT2D eigenvalue weighted by atomic mass is 10.2. The third-order valence-corrected chi connectivity index (χ3v) is 5.25. The van der Waals surface area contributed by atoms with Crippen LogP contribution in [0.5, 0.6) is 0 Å². The molecule has 2 heterocycles. The fourth-order valence-corrected chi connectivity index (χ4v) is 3.42. The molecule has 2 aromatic carbocycles. The summed E-state index contributed by atoms with van der Waals surface area (Å²) in [6.45, 7) is 0.888. The fraction of sp³-hybridized carbons (Fsp3) is 0.200. The van der Waals surface area contributed by atoms with Gasteiger partial charge < -0.3 is 27.9 Å². The molecule has 40 heavy (non-hydrogen) atoms. The van der Waals surface area contributed by atoms with E-state index >= 15 is 0 Å². The molecular formula is C30H24N2O8. The van der Waals surface area contributed by atoms with Gasteiger partial charge >= 0.3 is 5.97 Å². The van der Waals surface area contributed by atoms with Gasteiger partial charge in [-0.3, -0.25) is 0 Å². The highest BCUT2D eigenvalue weighted by Gasteiger charge is 2.12. The van der Waals surface area contributed by atoms with Crippen molar-refractivity contribution in [3.05, 3.63) is 89.2 Å². The van der Waals surface area contributed by atoms with Gasteiger partial charge in [0, 0.05) is 22.9 Å². The lowest BCUT2D eigenvalue weighted by molar-refractivity contribution is -0.263. The molecule has 0 bridgehead atoms. The van der Waals surface area contributed by atoms with Crippen LogP contribution >= 0.6 is 0 Å². The molecule has 10 heteroatoms. The van der Waals surface area contributed by atoms with Gasteiger partial charge in [-0.15, -0.1) is 0 Å². The maximum absolute atomic E-state index is 12.2. The fourth-order valence-electron chi connectivity index (χ4n) is 3.42. The highest BCUT2D eigenvalue weighted by Crippen LogP contribution is 2.21. The molecule has 0 aliphatic carbocycles. The topological polar surface area (TPSA) is 137 Å². The van der Waals surface area contributed by atoms with E-state index in [4.69, 9.17) is 38.1 Å². The van der Waals surface area contributed by atoms with Crippen LogP contribution in [0.4, 0.5) is 0 Å². The number of rotatable bonds is 14. The highest BCUT2D eigenvalue weighted by atomic mass is 17.2. The first-order valence-corrected chi connectivity index (χ1v) is 12.2. The molecule has 0 N–H and O–H groups in total. The number of esters is 1. The van der Waals surface area contributed by atoms with Crippen LogP contribution in [0.3, 0.4) is 0 Å². The summed E-state index contributed by atoms with van der Waals surface area (Å²) in [4.78, 5) is 22.0. The van der Waals surface area contributed by atoms with E-state index in [2.05, 4.69) is 5.73 Å². The van der Waals surface area contributed by atoms with Gasteiger partial charge in [-0.1, -0.05) is 42.1 Å². The van der Waals surface area contributed by atoms with Gasteiger partial charge in [-0.25, -0.2) is 4.79 Å². The normalized spacial score (nSPS) is 11.0. The molecule has 0 saturated heterocycles. The van der Waals surface area contributed by atoms with Crippen LogP contribution in [0.1, 0.15) is 11.5 Å². The second kappa shape index (κ2) is 14.7. The van der Waals surface area contributed by atoms with Crippen molar-refractivity contribution in [2.45, 2.75) is 0 Å². The number of ether oxygens (including phenoxy) is 3. The minimum Gasteiger partial charge on any atom is -0.459 e. The predicted octanol–water partition coefficient (Wildman–Crippen LogP) is 5.33. The summed E-state index contributed by atoms with van der Waals surface area (Å²) >= 11 is 0. The van der Waals surface area contributed by atoms with Gasteiger partial charge in [-0.05, 0) is 24.3 Å². The Hall–Kier alpha value is -5.09. The number of para-hydroxylation sites is 2. The van der Waals surface area contributed by atoms with E-state index in [-0.39, 0.29) is 51.0 Å². The number of hydrogen-bond acceptors (Lipinski definition) is 10. The van der Waals surface area contributed by atoms with E-state index < -0.39 is 5.97 Å². The Morgan fingerprint density at radius 2 is 1.38 bits per heavy atom. The molecule has 0 aliphatic rings. The number of carbonyl (C=O) groups is 1. The van der Waals surface area contributed by atoms with Crippen LogP contribution < -0.4 is 0 Å². The van der Waals surface area contributed by atoms with E-state index in [1.54, 1.807) is 12.1 Å². The van der Waals surface area contributed by atoms with Crippen molar-refractivity contribution in [3.8, 4) is 12.1 Å². The summed E-state index contributed by atoms with van der Waals surface area (Å²) in [5.41, 5.74) is 3.89. The van der Waals surface area contributed by atoms with Gasteiger partial charge in [0.15, 0.2) is 6.07 Å². The van der Waals surface area contributed by atoms with Crippen LogP contribution in [-0.4, -0.2) is 45.6 Å². The van der Waals surface area contributed by atoms with Gasteiger partial charge in [0.25, 0.3) is 5.76 Å². The van der Waals surface area contributed by atoms with Crippen molar-refractivity contribution in [2.24, 2.45) is 0 Å². The zero-order valence-electron chi connectivity index (χ0n) is 21.3. The van der Waals surface area contributed by atoms with Crippen LogP contribution in [-0.2, 0) is 28.8 Å². The Kier molecular flexibility index (Phi) is 10.3. The van der Waals surface area contributed by atoms with Crippen molar-refractivity contribution >= 4 is 40.1 Å². The smallest absolute Gasteiger partial charge is 0.349 e. The number of carbonyl (C=O) groups excluding carboxylic acids is 1. The van der Waals surface area contributed by atoms with Crippen LogP contribution in [0.15, 0.2) is 86.6 Å². The second-order valence-electron chi connectivity index (χ2n) is 8.04. The number of furan rings is 2. The minimum atomic E-state index is -0.766. The van der Waals surface area contributed by atoms with Crippen LogP contribution in [0.25, 0.3) is 34.1 Å². The Labute approximate surface area is 229 Å². The molecule has 0 atom stereocenters. The van der Waals surface area contributed by atoms with Gasteiger partial charge in [0.1, 0.15) is 47.5 Å². The SMILES string of the molecule is N#CC(=C=Cc1cc2ccccc2o1)OOCCOCCOCCOC(=O)C(C#N)=Cc1cc2ccccc2o1. The molecule has 0 amide bonds. The maximum atomic E-state index is 12.2. The van der Waals surface area contributed by atoms with Gasteiger partial charge in [-0.2, -0.15) is 15.4 Å². The van der Waals surface area contributed by atoms with Crippen molar-refractivity contribution in [2.75, 3.05) is 39.6 Å². The number of allylic oxidation sites excluding steroid dienone is 1. The summed E-state index contributed by atoms with van der Waals surface area (Å²) in [5.74, 6) is -0.0137. The third kappa shape index (κ3) is 8.20.